The number of halogens is 1. The molecule has 6 heteroatoms. The molecule has 0 unspecified atom stereocenters. The summed E-state index contributed by atoms with van der Waals surface area (Å²) in [5, 5.41) is 10.9. The van der Waals surface area contributed by atoms with Gasteiger partial charge < -0.3 is 19.5 Å². The number of rotatable bonds is 3. The molecule has 0 radical (unpaired) electrons. The van der Waals surface area contributed by atoms with Crippen LogP contribution in [0.4, 0.5) is 5.69 Å². The van der Waals surface area contributed by atoms with Crippen LogP contribution in [-0.4, -0.2) is 43.0 Å². The van der Waals surface area contributed by atoms with E-state index in [2.05, 4.69) is 15.9 Å². The van der Waals surface area contributed by atoms with Crippen molar-refractivity contribution in [2.75, 3.05) is 37.9 Å². The van der Waals surface area contributed by atoms with Gasteiger partial charge in [-0.15, -0.1) is 0 Å². The number of ether oxygens (including phenoxy) is 2. The Morgan fingerprint density at radius 1 is 1.00 bits per heavy atom. The molecule has 0 saturated carbocycles. The van der Waals surface area contributed by atoms with Gasteiger partial charge in [0, 0.05) is 55.1 Å². The molecule has 1 saturated heterocycles. The van der Waals surface area contributed by atoms with Crippen LogP contribution < -0.4 is 14.4 Å². The molecule has 126 valence electrons. The Morgan fingerprint density at radius 2 is 1.75 bits per heavy atom. The molecule has 2 heterocycles. The second-order valence-corrected chi connectivity index (χ2v) is 6.51. The standard InChI is InChI=1S/C18H19ClN2O3/c19-14-2-1-3-15(9-14)21-6-4-20(5-7-21)11-13-8-17-18(10-16(13)22)24-12-23-17/h1-3,8-10,22H,4-7,11-12H2. The van der Waals surface area contributed by atoms with Gasteiger partial charge in [-0.25, -0.2) is 0 Å². The zero-order chi connectivity index (χ0) is 16.5. The quantitative estimate of drug-likeness (QED) is 0.925. The Kier molecular flexibility index (Phi) is 4.12. The highest BCUT2D eigenvalue weighted by Crippen LogP contribution is 2.38. The number of hydrogen-bond donors (Lipinski definition) is 1. The fourth-order valence-electron chi connectivity index (χ4n) is 3.18. The largest absolute Gasteiger partial charge is 0.507 e. The van der Waals surface area contributed by atoms with Crippen LogP contribution in [0.3, 0.4) is 0 Å². The molecule has 24 heavy (non-hydrogen) atoms. The SMILES string of the molecule is Oc1cc2c(cc1CN1CCN(c3cccc(Cl)c3)CC1)OCO2. The summed E-state index contributed by atoms with van der Waals surface area (Å²) in [4.78, 5) is 4.67. The second kappa shape index (κ2) is 6.42. The lowest BCUT2D eigenvalue weighted by atomic mass is 10.1. The third kappa shape index (κ3) is 3.09. The van der Waals surface area contributed by atoms with E-state index in [0.717, 1.165) is 42.5 Å². The minimum atomic E-state index is 0.219. The lowest BCUT2D eigenvalue weighted by Gasteiger charge is -2.36. The monoisotopic (exact) mass is 346 g/mol. The third-order valence-corrected chi connectivity index (χ3v) is 4.75. The first-order chi connectivity index (χ1) is 11.7. The van der Waals surface area contributed by atoms with E-state index < -0.39 is 0 Å². The topological polar surface area (TPSA) is 45.2 Å². The number of anilines is 1. The van der Waals surface area contributed by atoms with Crippen molar-refractivity contribution >= 4 is 17.3 Å². The van der Waals surface area contributed by atoms with E-state index in [1.54, 1.807) is 6.07 Å². The minimum absolute atomic E-state index is 0.219. The van der Waals surface area contributed by atoms with Gasteiger partial charge >= 0.3 is 0 Å². The fraction of sp³-hybridized carbons (Fsp3) is 0.333. The van der Waals surface area contributed by atoms with Crippen molar-refractivity contribution in [2.45, 2.75) is 6.54 Å². The molecule has 5 nitrogen and oxygen atoms in total. The summed E-state index contributed by atoms with van der Waals surface area (Å²) >= 11 is 6.08. The number of phenols is 1. The van der Waals surface area contributed by atoms with E-state index >= 15 is 0 Å². The fourth-order valence-corrected chi connectivity index (χ4v) is 3.36. The van der Waals surface area contributed by atoms with Gasteiger partial charge in [0.1, 0.15) is 5.75 Å². The number of nitrogens with zero attached hydrogens (tertiary/aromatic N) is 2. The summed E-state index contributed by atoms with van der Waals surface area (Å²) < 4.78 is 10.7. The lowest BCUT2D eigenvalue weighted by molar-refractivity contribution is 0.173. The van der Waals surface area contributed by atoms with E-state index in [1.807, 2.05) is 24.3 Å². The summed E-state index contributed by atoms with van der Waals surface area (Å²) in [6.07, 6.45) is 0. The van der Waals surface area contributed by atoms with Gasteiger partial charge in [-0.3, -0.25) is 4.90 Å². The van der Waals surface area contributed by atoms with Crippen molar-refractivity contribution in [3.63, 3.8) is 0 Å². The molecule has 0 aliphatic carbocycles. The molecule has 2 aliphatic heterocycles. The smallest absolute Gasteiger partial charge is 0.231 e. The van der Waals surface area contributed by atoms with Crippen LogP contribution in [0, 0.1) is 0 Å². The Balaban J connectivity index is 1.40. The van der Waals surface area contributed by atoms with E-state index in [1.165, 1.54) is 0 Å². The average molecular weight is 347 g/mol. The molecule has 4 rings (SSSR count). The molecule has 2 aliphatic rings. The predicted molar refractivity (Wildman–Crippen MR) is 93.2 cm³/mol. The number of phenolic OH excluding ortho intramolecular Hbond substituents is 1. The molecule has 1 fully saturated rings. The minimum Gasteiger partial charge on any atom is -0.507 e. The van der Waals surface area contributed by atoms with Crippen LogP contribution >= 0.6 is 11.6 Å². The van der Waals surface area contributed by atoms with Crippen LogP contribution in [0.25, 0.3) is 0 Å². The highest BCUT2D eigenvalue weighted by Gasteiger charge is 2.21. The zero-order valence-electron chi connectivity index (χ0n) is 13.2. The Bertz CT molecular complexity index is 745. The highest BCUT2D eigenvalue weighted by atomic mass is 35.5. The van der Waals surface area contributed by atoms with Crippen LogP contribution in [0.1, 0.15) is 5.56 Å². The summed E-state index contributed by atoms with van der Waals surface area (Å²) in [5.41, 5.74) is 2.03. The molecule has 1 N–H and O–H groups in total. The third-order valence-electron chi connectivity index (χ3n) is 4.51. The van der Waals surface area contributed by atoms with Gasteiger partial charge in [0.15, 0.2) is 11.5 Å². The summed E-state index contributed by atoms with van der Waals surface area (Å²) in [6.45, 7) is 4.65. The van der Waals surface area contributed by atoms with Gasteiger partial charge in [-0.2, -0.15) is 0 Å². The van der Waals surface area contributed by atoms with E-state index in [9.17, 15) is 5.11 Å². The van der Waals surface area contributed by atoms with Crippen molar-refractivity contribution in [1.29, 1.82) is 0 Å². The Hall–Kier alpha value is -2.11. The van der Waals surface area contributed by atoms with Gasteiger partial charge in [0.2, 0.25) is 6.79 Å². The predicted octanol–water partition coefficient (Wildman–Crippen LogP) is 3.10. The lowest BCUT2D eigenvalue weighted by Crippen LogP contribution is -2.45. The van der Waals surface area contributed by atoms with Gasteiger partial charge in [0.25, 0.3) is 0 Å². The molecular weight excluding hydrogens is 328 g/mol. The maximum Gasteiger partial charge on any atom is 0.231 e. The van der Waals surface area contributed by atoms with Crippen molar-refractivity contribution in [3.05, 3.63) is 47.0 Å². The molecule has 2 aromatic carbocycles. The Morgan fingerprint density at radius 3 is 2.50 bits per heavy atom. The number of fused-ring (bicyclic) bond motifs is 1. The number of aromatic hydroxyl groups is 1. The molecule has 2 aromatic rings. The van der Waals surface area contributed by atoms with Crippen molar-refractivity contribution in [3.8, 4) is 17.2 Å². The van der Waals surface area contributed by atoms with E-state index in [-0.39, 0.29) is 12.5 Å². The average Bonchev–Trinajstić information content (AvgIpc) is 3.03. The van der Waals surface area contributed by atoms with Crippen LogP contribution in [-0.2, 0) is 6.54 Å². The number of piperazine rings is 1. The van der Waals surface area contributed by atoms with E-state index in [0.29, 0.717) is 18.0 Å². The van der Waals surface area contributed by atoms with Crippen LogP contribution in [0.5, 0.6) is 17.2 Å². The normalized spacial score (nSPS) is 17.3. The van der Waals surface area contributed by atoms with Gasteiger partial charge in [0.05, 0.1) is 0 Å². The highest BCUT2D eigenvalue weighted by molar-refractivity contribution is 6.30. The first-order valence-electron chi connectivity index (χ1n) is 8.03. The van der Waals surface area contributed by atoms with E-state index in [4.69, 9.17) is 21.1 Å². The summed E-state index contributed by atoms with van der Waals surface area (Å²) in [6, 6.07) is 11.5. The Labute approximate surface area is 146 Å². The first kappa shape index (κ1) is 15.4. The van der Waals surface area contributed by atoms with Crippen LogP contribution in [0.15, 0.2) is 36.4 Å². The zero-order valence-corrected chi connectivity index (χ0v) is 14.0. The molecule has 0 spiro atoms. The maximum absolute atomic E-state index is 10.2. The molecule has 0 amide bonds. The van der Waals surface area contributed by atoms with Crippen LogP contribution in [0.2, 0.25) is 5.02 Å². The number of benzene rings is 2. The van der Waals surface area contributed by atoms with Crippen molar-refractivity contribution in [1.82, 2.24) is 4.90 Å². The number of hydrogen-bond acceptors (Lipinski definition) is 5. The van der Waals surface area contributed by atoms with Crippen molar-refractivity contribution in [2.24, 2.45) is 0 Å². The molecule has 0 aromatic heterocycles. The maximum atomic E-state index is 10.2. The molecule has 0 atom stereocenters. The first-order valence-corrected chi connectivity index (χ1v) is 8.41. The molecular formula is C18H19ClN2O3. The summed E-state index contributed by atoms with van der Waals surface area (Å²) in [5.74, 6) is 1.58. The van der Waals surface area contributed by atoms with Gasteiger partial charge in [-0.05, 0) is 24.3 Å². The van der Waals surface area contributed by atoms with Crippen molar-refractivity contribution < 1.29 is 14.6 Å². The van der Waals surface area contributed by atoms with Gasteiger partial charge in [-0.1, -0.05) is 17.7 Å². The second-order valence-electron chi connectivity index (χ2n) is 6.08. The summed E-state index contributed by atoms with van der Waals surface area (Å²) in [7, 11) is 0. The molecule has 0 bridgehead atoms.